The summed E-state index contributed by atoms with van der Waals surface area (Å²) in [6, 6.07) is 12.5. The topological polar surface area (TPSA) is 58.6 Å². The van der Waals surface area contributed by atoms with E-state index in [2.05, 4.69) is 30.4 Å². The van der Waals surface area contributed by atoms with Crippen LogP contribution in [0.5, 0.6) is 5.75 Å². The van der Waals surface area contributed by atoms with Crippen LogP contribution >= 0.6 is 11.6 Å². The average Bonchev–Trinajstić information content (AvgIpc) is 3.47. The van der Waals surface area contributed by atoms with Crippen LogP contribution in [0.4, 0.5) is 0 Å². The molecule has 2 aromatic rings. The van der Waals surface area contributed by atoms with Gasteiger partial charge in [-0.2, -0.15) is 0 Å². The van der Waals surface area contributed by atoms with E-state index in [1.54, 1.807) is 0 Å². The van der Waals surface area contributed by atoms with Gasteiger partial charge in [-0.05, 0) is 73.4 Å². The minimum Gasteiger partial charge on any atom is -0.489 e. The highest BCUT2D eigenvalue weighted by molar-refractivity contribution is 6.31. The molecule has 5 heteroatoms. The fourth-order valence-electron chi connectivity index (χ4n) is 4.13. The second-order valence-corrected chi connectivity index (χ2v) is 8.33. The van der Waals surface area contributed by atoms with Gasteiger partial charge < -0.3 is 9.84 Å². The molecule has 0 heterocycles. The first kappa shape index (κ1) is 19.3. The molecule has 4 nitrogen and oxygen atoms in total. The van der Waals surface area contributed by atoms with Crippen LogP contribution in [-0.4, -0.2) is 22.7 Å². The van der Waals surface area contributed by atoms with E-state index in [0.717, 1.165) is 54.9 Å². The van der Waals surface area contributed by atoms with E-state index >= 15 is 0 Å². The molecule has 1 atom stereocenters. The molecular formula is C23H26ClNO3. The van der Waals surface area contributed by atoms with E-state index in [4.69, 9.17) is 16.3 Å². The van der Waals surface area contributed by atoms with Gasteiger partial charge in [0.15, 0.2) is 0 Å². The lowest BCUT2D eigenvalue weighted by atomic mass is 9.87. The first-order valence-corrected chi connectivity index (χ1v) is 10.4. The molecule has 0 saturated heterocycles. The Morgan fingerprint density at radius 3 is 2.82 bits per heavy atom. The number of carbonyl (C=O) groups is 1. The van der Waals surface area contributed by atoms with Crippen molar-refractivity contribution in [2.45, 2.75) is 63.6 Å². The Balaban J connectivity index is 1.41. The molecule has 1 fully saturated rings. The smallest absolute Gasteiger partial charge is 0.323 e. The number of rotatable bonds is 7. The molecule has 148 valence electrons. The molecule has 2 aliphatic carbocycles. The third-order valence-corrected chi connectivity index (χ3v) is 6.38. The zero-order chi connectivity index (χ0) is 19.7. The SMILES string of the molecule is CCc1cccc(Cl)c1COc1ccc2c(c1)CCC(NC1(C(=O)O)CC1)C2. The lowest BCUT2D eigenvalue weighted by Gasteiger charge is -2.28. The summed E-state index contributed by atoms with van der Waals surface area (Å²) >= 11 is 6.36. The first-order valence-electron chi connectivity index (χ1n) is 10.0. The molecule has 2 N–H and O–H groups in total. The van der Waals surface area contributed by atoms with E-state index in [9.17, 15) is 9.90 Å². The lowest BCUT2D eigenvalue weighted by Crippen LogP contribution is -2.47. The highest BCUT2D eigenvalue weighted by Crippen LogP contribution is 2.37. The third kappa shape index (κ3) is 3.89. The molecule has 1 saturated carbocycles. The van der Waals surface area contributed by atoms with Crippen LogP contribution in [0, 0.1) is 0 Å². The van der Waals surface area contributed by atoms with E-state index in [-0.39, 0.29) is 6.04 Å². The van der Waals surface area contributed by atoms with Crippen LogP contribution in [0.25, 0.3) is 0 Å². The molecule has 0 spiro atoms. The van der Waals surface area contributed by atoms with Gasteiger partial charge in [-0.25, -0.2) is 0 Å². The zero-order valence-electron chi connectivity index (χ0n) is 16.1. The van der Waals surface area contributed by atoms with Gasteiger partial charge in [0.2, 0.25) is 0 Å². The van der Waals surface area contributed by atoms with E-state index < -0.39 is 11.5 Å². The highest BCUT2D eigenvalue weighted by atomic mass is 35.5. The summed E-state index contributed by atoms with van der Waals surface area (Å²) in [5.41, 5.74) is 4.18. The van der Waals surface area contributed by atoms with Crippen molar-refractivity contribution in [1.29, 1.82) is 0 Å². The number of hydrogen-bond donors (Lipinski definition) is 2. The van der Waals surface area contributed by atoms with Gasteiger partial charge in [-0.15, -0.1) is 0 Å². The van der Waals surface area contributed by atoms with Crippen molar-refractivity contribution in [2.75, 3.05) is 0 Å². The molecule has 0 radical (unpaired) electrons. The number of carboxylic acid groups (broad SMARTS) is 1. The zero-order valence-corrected chi connectivity index (χ0v) is 16.9. The normalized spacial score (nSPS) is 19.7. The van der Waals surface area contributed by atoms with E-state index in [1.165, 1.54) is 16.7 Å². The number of ether oxygens (including phenoxy) is 1. The predicted molar refractivity (Wildman–Crippen MR) is 110 cm³/mol. The predicted octanol–water partition coefficient (Wildman–Crippen LogP) is 4.55. The van der Waals surface area contributed by atoms with Crippen LogP contribution < -0.4 is 10.1 Å². The monoisotopic (exact) mass is 399 g/mol. The van der Waals surface area contributed by atoms with E-state index in [0.29, 0.717) is 6.61 Å². The van der Waals surface area contributed by atoms with Crippen molar-refractivity contribution in [3.63, 3.8) is 0 Å². The number of nitrogens with one attached hydrogen (secondary N) is 1. The lowest BCUT2D eigenvalue weighted by molar-refractivity contribution is -0.141. The summed E-state index contributed by atoms with van der Waals surface area (Å²) in [4.78, 5) is 11.4. The number of aryl methyl sites for hydroxylation is 2. The first-order chi connectivity index (χ1) is 13.5. The summed E-state index contributed by atoms with van der Waals surface area (Å²) < 4.78 is 6.05. The largest absolute Gasteiger partial charge is 0.489 e. The molecule has 0 aliphatic heterocycles. The maximum absolute atomic E-state index is 11.4. The van der Waals surface area contributed by atoms with Crippen LogP contribution in [0.15, 0.2) is 36.4 Å². The van der Waals surface area contributed by atoms with Gasteiger partial charge in [0.25, 0.3) is 0 Å². The van der Waals surface area contributed by atoms with Crippen molar-refractivity contribution in [3.8, 4) is 5.75 Å². The van der Waals surface area contributed by atoms with Crippen molar-refractivity contribution < 1.29 is 14.6 Å². The second-order valence-electron chi connectivity index (χ2n) is 7.92. The van der Waals surface area contributed by atoms with Gasteiger partial charge in [0, 0.05) is 16.6 Å². The molecule has 1 unspecified atom stereocenters. The van der Waals surface area contributed by atoms with Crippen LogP contribution in [0.2, 0.25) is 5.02 Å². The van der Waals surface area contributed by atoms with Gasteiger partial charge >= 0.3 is 5.97 Å². The van der Waals surface area contributed by atoms with Crippen LogP contribution in [0.1, 0.15) is 48.4 Å². The molecule has 0 bridgehead atoms. The molecule has 0 amide bonds. The molecular weight excluding hydrogens is 374 g/mol. The Bertz CT molecular complexity index is 891. The van der Waals surface area contributed by atoms with Crippen LogP contribution in [0.3, 0.4) is 0 Å². The Morgan fingerprint density at radius 1 is 1.29 bits per heavy atom. The quantitative estimate of drug-likeness (QED) is 0.717. The van der Waals surface area contributed by atoms with Crippen LogP contribution in [-0.2, 0) is 30.7 Å². The maximum atomic E-state index is 11.4. The third-order valence-electron chi connectivity index (χ3n) is 6.03. The number of hydrogen-bond acceptors (Lipinski definition) is 3. The van der Waals surface area contributed by atoms with Gasteiger partial charge in [-0.1, -0.05) is 36.7 Å². The average molecular weight is 400 g/mol. The minimum absolute atomic E-state index is 0.230. The number of carboxylic acids is 1. The molecule has 0 aromatic heterocycles. The standard InChI is InChI=1S/C23H26ClNO3/c1-2-15-4-3-5-21(24)20(15)14-28-19-9-7-16-12-18(8-6-17(16)13-19)25-23(10-11-23)22(26)27/h3-5,7,9,13,18,25H,2,6,8,10-12,14H2,1H3,(H,26,27). The Kier molecular flexibility index (Phi) is 5.35. The molecule has 4 rings (SSSR count). The number of fused-ring (bicyclic) bond motifs is 1. The Labute approximate surface area is 170 Å². The van der Waals surface area contributed by atoms with Crippen molar-refractivity contribution in [3.05, 3.63) is 63.7 Å². The fraction of sp³-hybridized carbons (Fsp3) is 0.435. The summed E-state index contributed by atoms with van der Waals surface area (Å²) in [5.74, 6) is 0.143. The maximum Gasteiger partial charge on any atom is 0.323 e. The van der Waals surface area contributed by atoms with Gasteiger partial charge in [0.1, 0.15) is 17.9 Å². The highest BCUT2D eigenvalue weighted by Gasteiger charge is 2.51. The second kappa shape index (κ2) is 7.76. The van der Waals surface area contributed by atoms with Gasteiger partial charge in [0.05, 0.1) is 0 Å². The minimum atomic E-state index is -0.715. The van der Waals surface area contributed by atoms with Crippen molar-refractivity contribution in [1.82, 2.24) is 5.32 Å². The summed E-state index contributed by atoms with van der Waals surface area (Å²) in [7, 11) is 0. The molecule has 2 aliphatic rings. The fourth-order valence-corrected chi connectivity index (χ4v) is 4.38. The van der Waals surface area contributed by atoms with Gasteiger partial charge in [-0.3, -0.25) is 10.1 Å². The number of aliphatic carboxylic acids is 1. The Morgan fingerprint density at radius 2 is 2.11 bits per heavy atom. The Hall–Kier alpha value is -2.04. The number of halogens is 1. The van der Waals surface area contributed by atoms with E-state index in [1.807, 2.05) is 18.2 Å². The summed E-state index contributed by atoms with van der Waals surface area (Å²) in [6.45, 7) is 2.58. The van der Waals surface area contributed by atoms with Crippen molar-refractivity contribution >= 4 is 17.6 Å². The molecule has 28 heavy (non-hydrogen) atoms. The summed E-state index contributed by atoms with van der Waals surface area (Å²) in [5, 5.41) is 13.5. The van der Waals surface area contributed by atoms with Crippen molar-refractivity contribution in [2.24, 2.45) is 0 Å². The molecule has 2 aromatic carbocycles. The summed E-state index contributed by atoms with van der Waals surface area (Å²) in [6.07, 6.45) is 5.16. The number of benzene rings is 2.